The highest BCUT2D eigenvalue weighted by Crippen LogP contribution is 2.25. The normalized spacial score (nSPS) is 14.3. The van der Waals surface area contributed by atoms with E-state index in [-0.39, 0.29) is 12.2 Å². The molecule has 1 heterocycles. The first kappa shape index (κ1) is 12.5. The molecule has 96 valence electrons. The van der Waals surface area contributed by atoms with Crippen LogP contribution in [-0.4, -0.2) is 25.2 Å². The van der Waals surface area contributed by atoms with Gasteiger partial charge in [0.05, 0.1) is 5.57 Å². The van der Waals surface area contributed by atoms with Gasteiger partial charge in [-0.3, -0.25) is 4.79 Å². The molecule has 1 aromatic rings. The van der Waals surface area contributed by atoms with Crippen LogP contribution < -0.4 is 10.1 Å². The summed E-state index contributed by atoms with van der Waals surface area (Å²) in [7, 11) is 0. The van der Waals surface area contributed by atoms with Gasteiger partial charge in [0.15, 0.2) is 0 Å². The van der Waals surface area contributed by atoms with Crippen LogP contribution in [0.2, 0.25) is 0 Å². The molecule has 0 bridgehead atoms. The molecule has 6 heteroatoms. The highest BCUT2D eigenvalue weighted by Gasteiger charge is 2.28. The van der Waals surface area contributed by atoms with E-state index in [2.05, 4.69) is 0 Å². The van der Waals surface area contributed by atoms with Crippen molar-refractivity contribution in [3.63, 3.8) is 0 Å². The Bertz CT molecular complexity index is 494. The minimum atomic E-state index is -4.41. The maximum atomic E-state index is 12.0. The van der Waals surface area contributed by atoms with Crippen molar-refractivity contribution in [1.29, 1.82) is 0 Å². The lowest BCUT2D eigenvalue weighted by molar-refractivity contribution is -0.136. The lowest BCUT2D eigenvalue weighted by atomic mass is 10.1. The van der Waals surface area contributed by atoms with Crippen molar-refractivity contribution in [2.45, 2.75) is 6.18 Å². The van der Waals surface area contributed by atoms with E-state index in [0.29, 0.717) is 11.3 Å². The third-order valence-electron chi connectivity index (χ3n) is 2.37. The number of carbonyl (C=O) groups excluding carboxylic acids is 1. The van der Waals surface area contributed by atoms with E-state index in [4.69, 9.17) is 4.74 Å². The number of rotatable bonds is 2. The molecule has 1 aliphatic rings. The number of ether oxygens (including phenoxy) is 1. The van der Waals surface area contributed by atoms with E-state index in [1.807, 2.05) is 5.32 Å². The van der Waals surface area contributed by atoms with Crippen molar-refractivity contribution in [2.24, 2.45) is 0 Å². The summed E-state index contributed by atoms with van der Waals surface area (Å²) in [6, 6.07) is 7.00. The number of alkyl halides is 3. The Hall–Kier alpha value is -1.98. The Labute approximate surface area is 101 Å². The van der Waals surface area contributed by atoms with Gasteiger partial charge in [-0.2, -0.15) is 13.2 Å². The number of hydrogen-bond acceptors (Lipinski definition) is 2. The van der Waals surface area contributed by atoms with Crippen molar-refractivity contribution in [3.05, 3.63) is 35.4 Å². The fourth-order valence-corrected chi connectivity index (χ4v) is 1.54. The van der Waals surface area contributed by atoms with Crippen LogP contribution in [0.4, 0.5) is 13.2 Å². The zero-order valence-corrected chi connectivity index (χ0v) is 9.25. The van der Waals surface area contributed by atoms with Crippen LogP contribution in [0.5, 0.6) is 5.75 Å². The van der Waals surface area contributed by atoms with Crippen molar-refractivity contribution < 1.29 is 22.7 Å². The largest absolute Gasteiger partial charge is 0.488 e. The van der Waals surface area contributed by atoms with Gasteiger partial charge in [0, 0.05) is 5.56 Å². The number of carbonyl (C=O) groups is 1. The summed E-state index contributed by atoms with van der Waals surface area (Å²) in [6.07, 6.45) is -2.88. The van der Waals surface area contributed by atoms with E-state index in [0.717, 1.165) is 0 Å². The molecule has 0 aliphatic carbocycles. The molecule has 1 N–H and O–H groups in total. The monoisotopic (exact) mass is 257 g/mol. The molecule has 18 heavy (non-hydrogen) atoms. The SMILES string of the molecule is O=C(NCC(F)(F)F)C1=Cc2ccccc2OC1. The third-order valence-corrected chi connectivity index (χ3v) is 2.37. The summed E-state index contributed by atoms with van der Waals surface area (Å²) >= 11 is 0. The number of para-hydroxylation sites is 1. The number of amides is 1. The van der Waals surface area contributed by atoms with E-state index < -0.39 is 18.6 Å². The van der Waals surface area contributed by atoms with Gasteiger partial charge in [-0.05, 0) is 12.1 Å². The molecule has 0 aromatic heterocycles. The van der Waals surface area contributed by atoms with Gasteiger partial charge in [-0.1, -0.05) is 18.2 Å². The molecule has 1 aliphatic heterocycles. The molecule has 0 radical (unpaired) electrons. The molecule has 0 unspecified atom stereocenters. The standard InChI is InChI=1S/C12H10F3NO2/c13-12(14,15)7-16-11(17)9-5-8-3-1-2-4-10(8)18-6-9/h1-5H,6-7H2,(H,16,17). The van der Waals surface area contributed by atoms with Crippen molar-refractivity contribution in [3.8, 4) is 5.75 Å². The molecule has 1 amide bonds. The summed E-state index contributed by atoms with van der Waals surface area (Å²) in [6.45, 7) is -1.37. The molecule has 0 spiro atoms. The predicted molar refractivity (Wildman–Crippen MR) is 59.0 cm³/mol. The van der Waals surface area contributed by atoms with Gasteiger partial charge in [-0.15, -0.1) is 0 Å². The Morgan fingerprint density at radius 3 is 2.78 bits per heavy atom. The summed E-state index contributed by atoms with van der Waals surface area (Å²) in [5, 5.41) is 1.81. The Balaban J connectivity index is 2.07. The quantitative estimate of drug-likeness (QED) is 0.881. The summed E-state index contributed by atoms with van der Waals surface area (Å²) < 4.78 is 41.1. The van der Waals surface area contributed by atoms with Crippen LogP contribution >= 0.6 is 0 Å². The highest BCUT2D eigenvalue weighted by atomic mass is 19.4. The summed E-state index contributed by atoms with van der Waals surface area (Å²) in [5.41, 5.74) is 0.860. The maximum Gasteiger partial charge on any atom is 0.405 e. The smallest absolute Gasteiger partial charge is 0.405 e. The van der Waals surface area contributed by atoms with Gasteiger partial charge in [0.2, 0.25) is 0 Å². The number of benzene rings is 1. The van der Waals surface area contributed by atoms with Gasteiger partial charge in [0.1, 0.15) is 18.9 Å². The van der Waals surface area contributed by atoms with Crippen LogP contribution in [0.3, 0.4) is 0 Å². The minimum absolute atomic E-state index is 0.0271. The Morgan fingerprint density at radius 2 is 2.06 bits per heavy atom. The van der Waals surface area contributed by atoms with E-state index in [1.54, 1.807) is 24.3 Å². The molecular weight excluding hydrogens is 247 g/mol. The number of hydrogen-bond donors (Lipinski definition) is 1. The van der Waals surface area contributed by atoms with E-state index >= 15 is 0 Å². The van der Waals surface area contributed by atoms with Crippen LogP contribution in [0.15, 0.2) is 29.8 Å². The van der Waals surface area contributed by atoms with Gasteiger partial charge < -0.3 is 10.1 Å². The topological polar surface area (TPSA) is 38.3 Å². The first-order valence-electron chi connectivity index (χ1n) is 5.23. The summed E-state index contributed by atoms with van der Waals surface area (Å²) in [5.74, 6) is -0.147. The second-order valence-corrected chi connectivity index (χ2v) is 3.79. The fraction of sp³-hybridized carbons (Fsp3) is 0.250. The van der Waals surface area contributed by atoms with Gasteiger partial charge in [0.25, 0.3) is 5.91 Å². The van der Waals surface area contributed by atoms with Crippen LogP contribution in [0.25, 0.3) is 6.08 Å². The van der Waals surface area contributed by atoms with Crippen LogP contribution in [0, 0.1) is 0 Å². The Kier molecular flexibility index (Phi) is 3.27. The first-order valence-corrected chi connectivity index (χ1v) is 5.23. The molecule has 0 saturated carbocycles. The average molecular weight is 257 g/mol. The molecule has 2 rings (SSSR count). The maximum absolute atomic E-state index is 12.0. The highest BCUT2D eigenvalue weighted by molar-refractivity contribution is 5.99. The van der Waals surface area contributed by atoms with E-state index in [1.165, 1.54) is 6.08 Å². The number of fused-ring (bicyclic) bond motifs is 1. The number of halogens is 3. The van der Waals surface area contributed by atoms with Crippen molar-refractivity contribution in [1.82, 2.24) is 5.32 Å². The third kappa shape index (κ3) is 3.03. The van der Waals surface area contributed by atoms with Crippen molar-refractivity contribution >= 4 is 12.0 Å². The molecule has 0 saturated heterocycles. The van der Waals surface area contributed by atoms with Gasteiger partial charge >= 0.3 is 6.18 Å². The Morgan fingerprint density at radius 1 is 1.33 bits per heavy atom. The molecular formula is C12H10F3NO2. The second kappa shape index (κ2) is 4.72. The lowest BCUT2D eigenvalue weighted by Gasteiger charge is -2.17. The minimum Gasteiger partial charge on any atom is -0.488 e. The van der Waals surface area contributed by atoms with Crippen LogP contribution in [0.1, 0.15) is 5.56 Å². The molecule has 0 fully saturated rings. The zero-order valence-electron chi connectivity index (χ0n) is 9.25. The molecule has 0 atom stereocenters. The van der Waals surface area contributed by atoms with Crippen molar-refractivity contribution in [2.75, 3.05) is 13.2 Å². The lowest BCUT2D eigenvalue weighted by Crippen LogP contribution is -2.36. The van der Waals surface area contributed by atoms with Crippen LogP contribution in [-0.2, 0) is 4.79 Å². The second-order valence-electron chi connectivity index (χ2n) is 3.79. The zero-order chi connectivity index (χ0) is 13.2. The van der Waals surface area contributed by atoms with E-state index in [9.17, 15) is 18.0 Å². The number of nitrogens with one attached hydrogen (secondary N) is 1. The first-order chi connectivity index (χ1) is 8.46. The predicted octanol–water partition coefficient (Wildman–Crippen LogP) is 2.14. The molecule has 1 aromatic carbocycles. The molecule has 3 nitrogen and oxygen atoms in total. The van der Waals surface area contributed by atoms with Gasteiger partial charge in [-0.25, -0.2) is 0 Å². The fourth-order valence-electron chi connectivity index (χ4n) is 1.54. The average Bonchev–Trinajstić information content (AvgIpc) is 2.34. The summed E-state index contributed by atoms with van der Waals surface area (Å²) in [4.78, 5) is 11.5.